The van der Waals surface area contributed by atoms with Crippen molar-refractivity contribution in [3.63, 3.8) is 0 Å². The van der Waals surface area contributed by atoms with Gasteiger partial charge in [-0.15, -0.1) is 0 Å². The van der Waals surface area contributed by atoms with E-state index in [0.717, 1.165) is 30.4 Å². The van der Waals surface area contributed by atoms with Gasteiger partial charge in [0.15, 0.2) is 0 Å². The average Bonchev–Trinajstić information content (AvgIpc) is 2.73. The molecule has 156 valence electrons. The van der Waals surface area contributed by atoms with Gasteiger partial charge in [0.1, 0.15) is 5.82 Å². The van der Waals surface area contributed by atoms with Crippen molar-refractivity contribution in [3.05, 3.63) is 65.5 Å². The predicted molar refractivity (Wildman–Crippen MR) is 110 cm³/mol. The molecule has 1 saturated heterocycles. The fourth-order valence-electron chi connectivity index (χ4n) is 3.52. The number of nitrogens with zero attached hydrogens (tertiary/aromatic N) is 2. The summed E-state index contributed by atoms with van der Waals surface area (Å²) in [6, 6.07) is 13.0. The highest BCUT2D eigenvalue weighted by molar-refractivity contribution is 7.89. The summed E-state index contributed by atoms with van der Waals surface area (Å²) in [5.74, 6) is -0.359. The number of amides is 1. The summed E-state index contributed by atoms with van der Waals surface area (Å²) in [4.78, 5) is 14.2. The van der Waals surface area contributed by atoms with Crippen molar-refractivity contribution in [1.29, 1.82) is 0 Å². The Hall–Kier alpha value is -2.25. The molecule has 1 fully saturated rings. The third-order valence-corrected chi connectivity index (χ3v) is 7.15. The van der Waals surface area contributed by atoms with E-state index in [1.54, 1.807) is 52.7 Å². The standard InChI is InChI=1S/C22H27FN2O3S/c1-24(17-19-6-5-7-20(23)16-19)22(26)13-10-18-8-11-21(12-9-18)29(27,28)25-14-3-2-4-15-25/h5-9,11-12,16H,2-4,10,13-15,17H2,1H3. The molecule has 0 bridgehead atoms. The summed E-state index contributed by atoms with van der Waals surface area (Å²) in [5, 5.41) is 0. The Morgan fingerprint density at radius 3 is 2.38 bits per heavy atom. The van der Waals surface area contributed by atoms with Crippen molar-refractivity contribution in [2.45, 2.75) is 43.5 Å². The fourth-order valence-corrected chi connectivity index (χ4v) is 5.04. The molecule has 0 saturated carbocycles. The van der Waals surface area contributed by atoms with Crippen LogP contribution in [0.3, 0.4) is 0 Å². The van der Waals surface area contributed by atoms with Crippen LogP contribution in [0.15, 0.2) is 53.4 Å². The molecule has 0 atom stereocenters. The van der Waals surface area contributed by atoms with Crippen LogP contribution in [0.1, 0.15) is 36.8 Å². The number of hydrogen-bond acceptors (Lipinski definition) is 3. The zero-order valence-corrected chi connectivity index (χ0v) is 17.5. The molecule has 0 aliphatic carbocycles. The lowest BCUT2D eigenvalue weighted by Crippen LogP contribution is -2.35. The number of piperidine rings is 1. The Kier molecular flexibility index (Phi) is 7.03. The second-order valence-corrected chi connectivity index (χ2v) is 9.43. The van der Waals surface area contributed by atoms with Crippen LogP contribution in [-0.4, -0.2) is 43.7 Å². The van der Waals surface area contributed by atoms with Gasteiger partial charge in [0.05, 0.1) is 4.90 Å². The zero-order chi connectivity index (χ0) is 20.9. The van der Waals surface area contributed by atoms with E-state index < -0.39 is 10.0 Å². The van der Waals surface area contributed by atoms with Gasteiger partial charge in [0, 0.05) is 33.1 Å². The number of carbonyl (C=O) groups is 1. The Bertz CT molecular complexity index is 939. The molecule has 2 aromatic carbocycles. The second-order valence-electron chi connectivity index (χ2n) is 7.49. The first-order chi connectivity index (χ1) is 13.9. The number of rotatable bonds is 7. The molecule has 0 spiro atoms. The van der Waals surface area contributed by atoms with Crippen molar-refractivity contribution < 1.29 is 17.6 Å². The number of benzene rings is 2. The molecule has 0 unspecified atom stereocenters. The van der Waals surface area contributed by atoms with Crippen molar-refractivity contribution in [3.8, 4) is 0 Å². The van der Waals surface area contributed by atoms with Crippen LogP contribution in [-0.2, 0) is 27.8 Å². The number of aryl methyl sites for hydroxylation is 1. The molecular weight excluding hydrogens is 391 g/mol. The van der Waals surface area contributed by atoms with E-state index in [1.807, 2.05) is 0 Å². The summed E-state index contributed by atoms with van der Waals surface area (Å²) in [5.41, 5.74) is 1.66. The molecule has 1 aliphatic heterocycles. The zero-order valence-electron chi connectivity index (χ0n) is 16.7. The lowest BCUT2D eigenvalue weighted by molar-refractivity contribution is -0.130. The highest BCUT2D eigenvalue weighted by Crippen LogP contribution is 2.21. The SMILES string of the molecule is CN(Cc1cccc(F)c1)C(=O)CCc1ccc(S(=O)(=O)N2CCCCC2)cc1. The topological polar surface area (TPSA) is 57.7 Å². The van der Waals surface area contributed by atoms with Crippen LogP contribution >= 0.6 is 0 Å². The van der Waals surface area contributed by atoms with Crippen molar-refractivity contribution in [2.24, 2.45) is 0 Å². The largest absolute Gasteiger partial charge is 0.341 e. The number of hydrogen-bond donors (Lipinski definition) is 0. The van der Waals surface area contributed by atoms with Gasteiger partial charge in [-0.2, -0.15) is 4.31 Å². The van der Waals surface area contributed by atoms with E-state index in [9.17, 15) is 17.6 Å². The third kappa shape index (κ3) is 5.64. The molecular formula is C22H27FN2O3S. The maximum Gasteiger partial charge on any atom is 0.243 e. The minimum atomic E-state index is -3.43. The Balaban J connectivity index is 1.55. The van der Waals surface area contributed by atoms with Gasteiger partial charge in [0.25, 0.3) is 0 Å². The van der Waals surface area contributed by atoms with Gasteiger partial charge in [-0.25, -0.2) is 12.8 Å². The van der Waals surface area contributed by atoms with E-state index >= 15 is 0 Å². The molecule has 1 aliphatic rings. The molecule has 29 heavy (non-hydrogen) atoms. The fraction of sp³-hybridized carbons (Fsp3) is 0.409. The highest BCUT2D eigenvalue weighted by atomic mass is 32.2. The lowest BCUT2D eigenvalue weighted by Gasteiger charge is -2.25. The second kappa shape index (κ2) is 9.50. The van der Waals surface area contributed by atoms with E-state index in [0.29, 0.717) is 37.4 Å². The monoisotopic (exact) mass is 418 g/mol. The molecule has 7 heteroatoms. The minimum absolute atomic E-state index is 0.0423. The molecule has 2 aromatic rings. The highest BCUT2D eigenvalue weighted by Gasteiger charge is 2.25. The van der Waals surface area contributed by atoms with Crippen molar-refractivity contribution >= 4 is 15.9 Å². The first-order valence-electron chi connectivity index (χ1n) is 9.94. The summed E-state index contributed by atoms with van der Waals surface area (Å²) >= 11 is 0. The van der Waals surface area contributed by atoms with Gasteiger partial charge in [0.2, 0.25) is 15.9 Å². The lowest BCUT2D eigenvalue weighted by atomic mass is 10.1. The number of sulfonamides is 1. The number of carbonyl (C=O) groups excluding carboxylic acids is 1. The minimum Gasteiger partial charge on any atom is -0.341 e. The van der Waals surface area contributed by atoms with E-state index in [1.165, 1.54) is 12.1 Å². The first-order valence-corrected chi connectivity index (χ1v) is 11.4. The molecule has 0 N–H and O–H groups in total. The van der Waals surface area contributed by atoms with Crippen LogP contribution in [0.5, 0.6) is 0 Å². The van der Waals surface area contributed by atoms with E-state index in [4.69, 9.17) is 0 Å². The van der Waals surface area contributed by atoms with Crippen LogP contribution in [0.25, 0.3) is 0 Å². The van der Waals surface area contributed by atoms with Gasteiger partial charge in [-0.05, 0) is 54.7 Å². The van der Waals surface area contributed by atoms with Crippen LogP contribution in [0.4, 0.5) is 4.39 Å². The molecule has 0 aromatic heterocycles. The van der Waals surface area contributed by atoms with E-state index in [2.05, 4.69) is 0 Å². The third-order valence-electron chi connectivity index (χ3n) is 5.24. The molecule has 1 amide bonds. The molecule has 5 nitrogen and oxygen atoms in total. The van der Waals surface area contributed by atoms with E-state index in [-0.39, 0.29) is 11.7 Å². The first kappa shape index (κ1) is 21.5. The van der Waals surface area contributed by atoms with Crippen LogP contribution in [0, 0.1) is 5.82 Å². The van der Waals surface area contributed by atoms with Gasteiger partial charge in [-0.1, -0.05) is 30.7 Å². The average molecular weight is 419 g/mol. The van der Waals surface area contributed by atoms with Crippen LogP contribution in [0.2, 0.25) is 0 Å². The Morgan fingerprint density at radius 2 is 1.72 bits per heavy atom. The molecule has 1 heterocycles. The van der Waals surface area contributed by atoms with Gasteiger partial charge >= 0.3 is 0 Å². The molecule has 3 rings (SSSR count). The summed E-state index contributed by atoms with van der Waals surface area (Å²) in [6.07, 6.45) is 3.72. The van der Waals surface area contributed by atoms with Crippen molar-refractivity contribution in [1.82, 2.24) is 9.21 Å². The predicted octanol–water partition coefficient (Wildman–Crippen LogP) is 3.59. The van der Waals surface area contributed by atoms with Crippen molar-refractivity contribution in [2.75, 3.05) is 20.1 Å². The summed E-state index contributed by atoms with van der Waals surface area (Å²) in [7, 11) is -1.74. The molecule has 0 radical (unpaired) electrons. The smallest absolute Gasteiger partial charge is 0.243 e. The maximum atomic E-state index is 13.3. The van der Waals surface area contributed by atoms with Crippen LogP contribution < -0.4 is 0 Å². The Morgan fingerprint density at radius 1 is 1.03 bits per heavy atom. The summed E-state index contributed by atoms with van der Waals surface area (Å²) in [6.45, 7) is 1.51. The number of halogens is 1. The maximum absolute atomic E-state index is 13.3. The normalized spacial score (nSPS) is 15.2. The quantitative estimate of drug-likeness (QED) is 0.690. The van der Waals surface area contributed by atoms with Gasteiger partial charge in [-0.3, -0.25) is 4.79 Å². The summed E-state index contributed by atoms with van der Waals surface area (Å²) < 4.78 is 40.2. The Labute approximate surface area is 172 Å². The van der Waals surface area contributed by atoms with Gasteiger partial charge < -0.3 is 4.90 Å².